The van der Waals surface area contributed by atoms with Crippen LogP contribution in [0.15, 0.2) is 22.0 Å². The third kappa shape index (κ3) is 21.4. The SMILES string of the molecule is CC(=O)C(C)N.CC1NC(=O)C(C)NC1=O.Cc1[nH]c(=O)c(C)nc1O.Cc1[nH]c(=O)c(C)nc1[N+](=O)[O-].Cc1cnc(C)cn1.Cc1nc(C)c(C)nc1C.Cc1nc(C)c(C)nc1C. The van der Waals surface area contributed by atoms with Gasteiger partial charge in [0.25, 0.3) is 11.1 Å². The summed E-state index contributed by atoms with van der Waals surface area (Å²) in [7, 11) is 0. The van der Waals surface area contributed by atoms with Gasteiger partial charge in [-0.05, 0) is 128 Å². The molecule has 0 aliphatic carbocycles. The molecular formula is C44H66N14O8. The number of aromatic nitrogens is 10. The van der Waals surface area contributed by atoms with Gasteiger partial charge in [-0.3, -0.25) is 53.9 Å². The Bertz CT molecular complexity index is 2360. The molecule has 0 saturated carbocycles. The van der Waals surface area contributed by atoms with Crippen molar-refractivity contribution in [2.45, 2.75) is 143 Å². The van der Waals surface area contributed by atoms with Gasteiger partial charge in [-0.25, -0.2) is 4.98 Å². The Kier molecular flexibility index (Phi) is 24.8. The molecule has 5 aromatic rings. The average Bonchev–Trinajstić information content (AvgIpc) is 3.22. The molecule has 22 heteroatoms. The summed E-state index contributed by atoms with van der Waals surface area (Å²) in [4.78, 5) is 100. The predicted octanol–water partition coefficient (Wildman–Crippen LogP) is 3.83. The Labute approximate surface area is 384 Å². The Balaban J connectivity index is 0.000000753. The van der Waals surface area contributed by atoms with Crippen molar-refractivity contribution >= 4 is 23.4 Å². The summed E-state index contributed by atoms with van der Waals surface area (Å²) in [5.74, 6) is -0.613. The van der Waals surface area contributed by atoms with E-state index in [0.717, 1.165) is 56.9 Å². The molecule has 6 rings (SSSR count). The summed E-state index contributed by atoms with van der Waals surface area (Å²) in [6.07, 6.45) is 3.52. The van der Waals surface area contributed by atoms with Crippen molar-refractivity contribution < 1.29 is 24.4 Å². The molecule has 0 bridgehead atoms. The second kappa shape index (κ2) is 27.8. The molecule has 1 fully saturated rings. The number of hydrogen-bond acceptors (Lipinski definition) is 17. The molecule has 0 aromatic carbocycles. The highest BCUT2D eigenvalue weighted by Gasteiger charge is 2.27. The van der Waals surface area contributed by atoms with Crippen LogP contribution in [0.5, 0.6) is 5.88 Å². The van der Waals surface area contributed by atoms with E-state index < -0.39 is 10.5 Å². The Morgan fingerprint density at radius 3 is 1.14 bits per heavy atom. The van der Waals surface area contributed by atoms with Crippen LogP contribution in [0.2, 0.25) is 0 Å². The lowest BCUT2D eigenvalue weighted by atomic mass is 10.2. The van der Waals surface area contributed by atoms with Crippen LogP contribution in [0.4, 0.5) is 5.82 Å². The molecule has 0 radical (unpaired) electrons. The molecule has 1 saturated heterocycles. The van der Waals surface area contributed by atoms with Gasteiger partial charge in [0.15, 0.2) is 0 Å². The van der Waals surface area contributed by atoms with Gasteiger partial charge in [0.1, 0.15) is 29.3 Å². The molecule has 3 unspecified atom stereocenters. The number of nitrogens with two attached hydrogens (primary N) is 1. The quantitative estimate of drug-likeness (QED) is 0.108. The van der Waals surface area contributed by atoms with Crippen molar-refractivity contribution in [1.29, 1.82) is 0 Å². The van der Waals surface area contributed by atoms with Crippen molar-refractivity contribution in [3.05, 3.63) is 123 Å². The lowest BCUT2D eigenvalue weighted by Gasteiger charge is -2.24. The Hall–Kier alpha value is -7.23. The van der Waals surface area contributed by atoms with E-state index in [-0.39, 0.29) is 70.1 Å². The fraction of sp³-hybridized carbons (Fsp3) is 0.477. The highest BCUT2D eigenvalue weighted by Crippen LogP contribution is 2.09. The zero-order valence-electron chi connectivity index (χ0n) is 41.3. The summed E-state index contributed by atoms with van der Waals surface area (Å²) in [6.45, 7) is 32.1. The van der Waals surface area contributed by atoms with Crippen molar-refractivity contribution in [2.24, 2.45) is 5.73 Å². The minimum Gasteiger partial charge on any atom is -0.492 e. The van der Waals surface area contributed by atoms with E-state index >= 15 is 0 Å². The third-order valence-corrected chi connectivity index (χ3v) is 9.14. The van der Waals surface area contributed by atoms with Gasteiger partial charge >= 0.3 is 5.82 Å². The molecule has 0 spiro atoms. The van der Waals surface area contributed by atoms with E-state index in [9.17, 15) is 34.1 Å². The molecular weight excluding hydrogens is 853 g/mol. The maximum atomic E-state index is 10.9. The number of hydrogen-bond donors (Lipinski definition) is 6. The number of H-pyrrole nitrogens is 2. The van der Waals surface area contributed by atoms with E-state index in [2.05, 4.69) is 60.5 Å². The average molecular weight is 919 g/mol. The molecule has 3 atom stereocenters. The van der Waals surface area contributed by atoms with Crippen molar-refractivity contribution in [3.8, 4) is 5.88 Å². The second-order valence-electron chi connectivity index (χ2n) is 15.2. The zero-order valence-corrected chi connectivity index (χ0v) is 41.3. The Morgan fingerprint density at radius 1 is 0.591 bits per heavy atom. The largest absolute Gasteiger partial charge is 0.492 e. The Morgan fingerprint density at radius 2 is 0.879 bits per heavy atom. The lowest BCUT2D eigenvalue weighted by Crippen LogP contribution is -2.59. The number of nitro groups is 1. The fourth-order valence-electron chi connectivity index (χ4n) is 4.32. The number of rotatable bonds is 2. The van der Waals surface area contributed by atoms with Crippen molar-refractivity contribution in [2.75, 3.05) is 0 Å². The summed E-state index contributed by atoms with van der Waals surface area (Å²) < 4.78 is 0. The van der Waals surface area contributed by atoms with E-state index in [1.54, 1.807) is 40.1 Å². The van der Waals surface area contributed by atoms with Gasteiger partial charge in [-0.1, -0.05) is 0 Å². The van der Waals surface area contributed by atoms with Gasteiger partial charge in [0.05, 0.1) is 68.7 Å². The van der Waals surface area contributed by atoms with Gasteiger partial charge < -0.3 is 41.6 Å². The van der Waals surface area contributed by atoms with E-state index in [4.69, 9.17) is 10.8 Å². The van der Waals surface area contributed by atoms with Crippen LogP contribution in [0.25, 0.3) is 0 Å². The molecule has 66 heavy (non-hydrogen) atoms. The van der Waals surface area contributed by atoms with Gasteiger partial charge in [0.2, 0.25) is 23.4 Å². The first-order valence-electron chi connectivity index (χ1n) is 20.6. The normalized spacial score (nSPS) is 13.7. The molecule has 7 N–H and O–H groups in total. The number of carbonyl (C=O) groups excluding carboxylic acids is 3. The summed E-state index contributed by atoms with van der Waals surface area (Å²) >= 11 is 0. The minimum atomic E-state index is -0.627. The molecule has 360 valence electrons. The minimum absolute atomic E-state index is 0.0370. The number of amides is 2. The number of carbonyl (C=O) groups is 3. The van der Waals surface area contributed by atoms with Crippen LogP contribution in [0.3, 0.4) is 0 Å². The van der Waals surface area contributed by atoms with Gasteiger partial charge in [-0.15, -0.1) is 0 Å². The molecule has 1 aliphatic rings. The number of Topliss-reactive ketones (excluding diaryl/α,β-unsaturated/α-hetero) is 1. The number of aromatic amines is 2. The summed E-state index contributed by atoms with van der Waals surface area (Å²) in [5, 5.41) is 24.3. The highest BCUT2D eigenvalue weighted by molar-refractivity contribution is 5.96. The molecule has 2 amide bonds. The molecule has 1 aliphatic heterocycles. The van der Waals surface area contributed by atoms with E-state index in [0.29, 0.717) is 5.69 Å². The van der Waals surface area contributed by atoms with Gasteiger partial charge in [0, 0.05) is 19.3 Å². The summed E-state index contributed by atoms with van der Waals surface area (Å²) in [6, 6.07) is -1.06. The number of aromatic hydroxyl groups is 1. The standard InChI is InChI=1S/2C8H12N2.C6H7N3O3.C6H10N2O2.C6H8N2O2.C6H8N2.C4H9NO/c2*1-5-6(2)10-8(4)7(3)9-5;1-3-5(9(11)12)7-4(2)6(10)8-3;2*1-3-5(9)8-4(2)6(10)7-3;1-5-3-8-6(2)4-7-5;1-3(5)4(2)6/h2*1-4H3;1-2H3,(H,8,10);3-4H,1-2H3,(H,7,10)(H,8,9);1-2H3,(H,7,10)(H,8,9);3-4H,1-2H3;3H,5H2,1-2H3. The maximum absolute atomic E-state index is 10.9. The predicted molar refractivity (Wildman–Crippen MR) is 250 cm³/mol. The maximum Gasteiger partial charge on any atom is 0.383 e. The monoisotopic (exact) mass is 919 g/mol. The van der Waals surface area contributed by atoms with Crippen molar-refractivity contribution in [1.82, 2.24) is 60.5 Å². The first kappa shape index (κ1) is 58.8. The first-order chi connectivity index (χ1) is 30.4. The zero-order chi connectivity index (χ0) is 51.3. The molecule has 5 aromatic heterocycles. The topological polar surface area (TPSA) is 333 Å². The van der Waals surface area contributed by atoms with Crippen LogP contribution < -0.4 is 27.5 Å². The second-order valence-corrected chi connectivity index (χ2v) is 15.2. The number of nitrogens with one attached hydrogen (secondary N) is 4. The number of piperazine rings is 1. The van der Waals surface area contributed by atoms with Crippen LogP contribution in [0, 0.1) is 107 Å². The van der Waals surface area contributed by atoms with Crippen LogP contribution in [-0.4, -0.2) is 95.6 Å². The number of ketones is 1. The van der Waals surface area contributed by atoms with Crippen LogP contribution in [-0.2, 0) is 14.4 Å². The fourth-order valence-corrected chi connectivity index (χ4v) is 4.32. The number of nitrogens with zero attached hydrogens (tertiary/aromatic N) is 9. The molecule has 6 heterocycles. The first-order valence-corrected chi connectivity index (χ1v) is 20.6. The van der Waals surface area contributed by atoms with Crippen LogP contribution >= 0.6 is 0 Å². The highest BCUT2D eigenvalue weighted by atomic mass is 16.6. The van der Waals surface area contributed by atoms with Crippen molar-refractivity contribution in [3.63, 3.8) is 0 Å². The van der Waals surface area contributed by atoms with E-state index in [1.807, 2.05) is 69.2 Å². The smallest absolute Gasteiger partial charge is 0.383 e. The lowest BCUT2D eigenvalue weighted by molar-refractivity contribution is -0.390. The van der Waals surface area contributed by atoms with Gasteiger partial charge in [-0.2, -0.15) is 0 Å². The molecule has 22 nitrogen and oxygen atoms in total. The number of aryl methyl sites for hydroxylation is 14. The van der Waals surface area contributed by atoms with Crippen LogP contribution in [0.1, 0.15) is 107 Å². The summed E-state index contributed by atoms with van der Waals surface area (Å²) in [5.41, 5.74) is 15.6. The third-order valence-electron chi connectivity index (χ3n) is 9.14. The van der Waals surface area contributed by atoms with E-state index in [1.165, 1.54) is 27.7 Å².